The molecule has 1 aliphatic heterocycles. The lowest BCUT2D eigenvalue weighted by Crippen LogP contribution is -2.39. The fraction of sp³-hybridized carbons (Fsp3) is 0.391. The van der Waals surface area contributed by atoms with Crippen molar-refractivity contribution < 1.29 is 41.0 Å². The van der Waals surface area contributed by atoms with Gasteiger partial charge in [0.05, 0.1) is 16.4 Å². The fourth-order valence-corrected chi connectivity index (χ4v) is 4.96. The second kappa shape index (κ2) is 11.2. The zero-order valence-electron chi connectivity index (χ0n) is 18.8. The third-order valence-corrected chi connectivity index (χ3v) is 7.68. The Kier molecular flexibility index (Phi) is 8.67. The number of carbonyl (C=O) groups excluding carboxylic acids is 1. The molecule has 2 fully saturated rings. The molecule has 2 aromatic rings. The van der Waals surface area contributed by atoms with Crippen LogP contribution in [0.2, 0.25) is 0 Å². The van der Waals surface area contributed by atoms with Crippen LogP contribution in [0, 0.1) is 0 Å². The molecule has 1 heterocycles. The Balaban J connectivity index is 0.000000454. The zero-order valence-corrected chi connectivity index (χ0v) is 21.2. The molecular weight excluding hydrogens is 569 g/mol. The van der Waals surface area contributed by atoms with Crippen molar-refractivity contribution in [3.8, 4) is 0 Å². The molecule has 4 rings (SSSR count). The van der Waals surface area contributed by atoms with Crippen LogP contribution in [-0.4, -0.2) is 50.8 Å². The van der Waals surface area contributed by atoms with Gasteiger partial charge in [-0.2, -0.15) is 13.2 Å². The number of alkyl halides is 3. The molecule has 1 saturated heterocycles. The van der Waals surface area contributed by atoms with Crippen LogP contribution in [0.25, 0.3) is 0 Å². The van der Waals surface area contributed by atoms with Gasteiger partial charge in [-0.1, -0.05) is 28.1 Å². The topological polar surface area (TPSA) is 122 Å². The second-order valence-electron chi connectivity index (χ2n) is 8.37. The highest BCUT2D eigenvalue weighted by molar-refractivity contribution is 9.10. The van der Waals surface area contributed by atoms with Gasteiger partial charge in [0.1, 0.15) is 0 Å². The lowest BCUT2D eigenvalue weighted by molar-refractivity contribution is -0.192. The van der Waals surface area contributed by atoms with Crippen LogP contribution in [-0.2, 0) is 29.8 Å². The molecule has 36 heavy (non-hydrogen) atoms. The largest absolute Gasteiger partial charge is 0.490 e. The predicted molar refractivity (Wildman–Crippen MR) is 128 cm³/mol. The van der Waals surface area contributed by atoms with Crippen LogP contribution < -0.4 is 10.0 Å². The number of halogens is 4. The van der Waals surface area contributed by atoms with E-state index in [2.05, 4.69) is 26.0 Å². The first kappa shape index (κ1) is 27.9. The number of anilines is 1. The molecule has 1 atom stereocenters. The average Bonchev–Trinajstić information content (AvgIpc) is 3.46. The Morgan fingerprint density at radius 1 is 1.08 bits per heavy atom. The van der Waals surface area contributed by atoms with E-state index in [1.54, 1.807) is 36.4 Å². The molecule has 196 valence electrons. The van der Waals surface area contributed by atoms with Gasteiger partial charge >= 0.3 is 12.1 Å². The van der Waals surface area contributed by atoms with Crippen molar-refractivity contribution in [3.63, 3.8) is 0 Å². The molecule has 0 bridgehead atoms. The number of rotatable bonds is 7. The third-order valence-electron chi connectivity index (χ3n) is 5.76. The minimum atomic E-state index is -5.08. The maximum Gasteiger partial charge on any atom is 0.490 e. The minimum absolute atomic E-state index is 0.0243. The number of carboxylic acids is 1. The Labute approximate surface area is 214 Å². The normalized spacial score (nSPS) is 18.5. The maximum absolute atomic E-state index is 12.7. The van der Waals surface area contributed by atoms with Crippen LogP contribution in [0.3, 0.4) is 0 Å². The number of ether oxygens (including phenoxy) is 1. The number of hydrogen-bond acceptors (Lipinski definition) is 5. The molecule has 3 N–H and O–H groups in total. The monoisotopic (exact) mass is 592 g/mol. The summed E-state index contributed by atoms with van der Waals surface area (Å²) in [5.74, 6) is -2.73. The summed E-state index contributed by atoms with van der Waals surface area (Å²) in [6.07, 6.45) is -1.34. The molecule has 0 aromatic heterocycles. The standard InChI is InChI=1S/C21H23BrN2O4S.C2HF3O2/c22-16-5-9-19(10-6-16)29(26,27)24-17-7-3-15(4-8-17)21(11-12-21)20(25)23-14-18-2-1-13-28-18;3-2(4,5)1(6)7/h3-10,18,24H,1-2,11-14H2,(H,23,25);(H,6,7). The number of hydrogen-bond donors (Lipinski definition) is 3. The number of nitrogens with one attached hydrogen (secondary N) is 2. The number of carbonyl (C=O) groups is 2. The average molecular weight is 593 g/mol. The van der Waals surface area contributed by atoms with E-state index >= 15 is 0 Å². The highest BCUT2D eigenvalue weighted by Gasteiger charge is 2.51. The van der Waals surface area contributed by atoms with Crippen LogP contribution >= 0.6 is 15.9 Å². The van der Waals surface area contributed by atoms with Crippen LogP contribution in [0.4, 0.5) is 18.9 Å². The van der Waals surface area contributed by atoms with Gasteiger partial charge in [-0.15, -0.1) is 0 Å². The first-order chi connectivity index (χ1) is 16.8. The summed E-state index contributed by atoms with van der Waals surface area (Å²) in [7, 11) is -3.66. The smallest absolute Gasteiger partial charge is 0.475 e. The summed E-state index contributed by atoms with van der Waals surface area (Å²) in [6, 6.07) is 13.5. The summed E-state index contributed by atoms with van der Waals surface area (Å²) in [5, 5.41) is 10.2. The van der Waals surface area contributed by atoms with Gasteiger partial charge in [0.15, 0.2) is 0 Å². The molecule has 13 heteroatoms. The van der Waals surface area contributed by atoms with E-state index in [9.17, 15) is 26.4 Å². The lowest BCUT2D eigenvalue weighted by atomic mass is 9.94. The molecule has 0 spiro atoms. The van der Waals surface area contributed by atoms with Crippen LogP contribution in [0.15, 0.2) is 57.9 Å². The van der Waals surface area contributed by atoms with E-state index in [1.807, 2.05) is 12.1 Å². The molecular formula is C23H24BrF3N2O6S. The SMILES string of the molecule is O=C(NCC1CCCO1)C1(c2ccc(NS(=O)(=O)c3ccc(Br)cc3)cc2)CC1.O=C(O)C(F)(F)F. The molecule has 2 aliphatic rings. The first-order valence-corrected chi connectivity index (χ1v) is 13.2. The van der Waals surface area contributed by atoms with Crippen molar-refractivity contribution in [1.82, 2.24) is 5.32 Å². The van der Waals surface area contributed by atoms with E-state index < -0.39 is 27.6 Å². The van der Waals surface area contributed by atoms with Crippen molar-refractivity contribution >= 4 is 43.5 Å². The zero-order chi connectivity index (χ0) is 26.6. The molecule has 1 unspecified atom stereocenters. The second-order valence-corrected chi connectivity index (χ2v) is 11.0. The van der Waals surface area contributed by atoms with Gasteiger partial charge in [-0.3, -0.25) is 9.52 Å². The first-order valence-electron chi connectivity index (χ1n) is 10.9. The van der Waals surface area contributed by atoms with E-state index in [0.717, 1.165) is 42.3 Å². The highest BCUT2D eigenvalue weighted by atomic mass is 79.9. The van der Waals surface area contributed by atoms with Crippen molar-refractivity contribution in [2.24, 2.45) is 0 Å². The van der Waals surface area contributed by atoms with Crippen LogP contribution in [0.1, 0.15) is 31.2 Å². The highest BCUT2D eigenvalue weighted by Crippen LogP contribution is 2.48. The summed E-state index contributed by atoms with van der Waals surface area (Å²) >= 11 is 3.30. The summed E-state index contributed by atoms with van der Waals surface area (Å²) < 4.78 is 65.7. The molecule has 2 aromatic carbocycles. The maximum atomic E-state index is 12.7. The van der Waals surface area contributed by atoms with E-state index in [-0.39, 0.29) is 16.9 Å². The van der Waals surface area contributed by atoms with Crippen molar-refractivity contribution in [1.29, 1.82) is 0 Å². The summed E-state index contributed by atoms with van der Waals surface area (Å²) in [4.78, 5) is 21.8. The van der Waals surface area contributed by atoms with Gasteiger partial charge in [0, 0.05) is 23.3 Å². The van der Waals surface area contributed by atoms with Gasteiger partial charge < -0.3 is 15.2 Å². The summed E-state index contributed by atoms with van der Waals surface area (Å²) in [6.45, 7) is 1.31. The fourth-order valence-electron chi connectivity index (χ4n) is 3.64. The number of sulfonamides is 1. The number of amides is 1. The molecule has 8 nitrogen and oxygen atoms in total. The van der Waals surface area contributed by atoms with Crippen molar-refractivity contribution in [3.05, 3.63) is 58.6 Å². The Hall–Kier alpha value is -2.64. The van der Waals surface area contributed by atoms with Crippen molar-refractivity contribution in [2.45, 2.75) is 48.3 Å². The molecule has 1 saturated carbocycles. The lowest BCUT2D eigenvalue weighted by Gasteiger charge is -2.18. The Morgan fingerprint density at radius 3 is 2.14 bits per heavy atom. The number of benzene rings is 2. The van der Waals surface area contributed by atoms with Crippen LogP contribution in [0.5, 0.6) is 0 Å². The van der Waals surface area contributed by atoms with E-state index in [1.165, 1.54) is 0 Å². The number of carboxylic acid groups (broad SMARTS) is 1. The van der Waals surface area contributed by atoms with Crippen molar-refractivity contribution in [2.75, 3.05) is 17.9 Å². The van der Waals surface area contributed by atoms with Gasteiger partial charge in [0.2, 0.25) is 5.91 Å². The number of aliphatic carboxylic acids is 1. The molecule has 1 aliphatic carbocycles. The molecule has 1 amide bonds. The Morgan fingerprint density at radius 2 is 1.67 bits per heavy atom. The van der Waals surface area contributed by atoms with E-state index in [4.69, 9.17) is 14.6 Å². The van der Waals surface area contributed by atoms with Gasteiger partial charge in [-0.05, 0) is 67.6 Å². The summed E-state index contributed by atoms with van der Waals surface area (Å²) in [5.41, 5.74) is 0.878. The van der Waals surface area contributed by atoms with Gasteiger partial charge in [0.25, 0.3) is 10.0 Å². The van der Waals surface area contributed by atoms with Gasteiger partial charge in [-0.25, -0.2) is 13.2 Å². The molecule has 0 radical (unpaired) electrons. The third kappa shape index (κ3) is 7.20. The Bertz CT molecular complexity index is 1180. The minimum Gasteiger partial charge on any atom is -0.475 e. The van der Waals surface area contributed by atoms with E-state index in [0.29, 0.717) is 12.2 Å². The quantitative estimate of drug-likeness (QED) is 0.443. The predicted octanol–water partition coefficient (Wildman–Crippen LogP) is 4.21.